The van der Waals surface area contributed by atoms with Crippen molar-refractivity contribution in [3.63, 3.8) is 0 Å². The molecule has 0 saturated carbocycles. The van der Waals surface area contributed by atoms with Crippen molar-refractivity contribution < 1.29 is 27.4 Å². The molecule has 1 N–H and O–H groups in total. The number of methoxy groups -OCH3 is 1. The van der Waals surface area contributed by atoms with E-state index < -0.39 is 6.36 Å². The number of aliphatic imine (C=N–C) groups is 1. The van der Waals surface area contributed by atoms with Crippen molar-refractivity contribution in [2.45, 2.75) is 65.8 Å². The van der Waals surface area contributed by atoms with Gasteiger partial charge in [0.1, 0.15) is 17.8 Å². The number of ether oxygens (including phenoxy) is 2. The van der Waals surface area contributed by atoms with Gasteiger partial charge in [0.05, 0.1) is 12.8 Å². The molecular weight excluding hydrogens is 653 g/mol. The fraction of sp³-hybridized carbons (Fsp3) is 0.389. The number of nitrogens with one attached hydrogen (secondary N) is 1. The number of rotatable bonds is 10. The predicted molar refractivity (Wildman–Crippen MR) is 188 cm³/mol. The van der Waals surface area contributed by atoms with Crippen molar-refractivity contribution in [1.82, 2.24) is 20.1 Å². The molecule has 3 aromatic carbocycles. The van der Waals surface area contributed by atoms with Crippen molar-refractivity contribution in [3.05, 3.63) is 84.2 Å². The lowest BCUT2D eigenvalue weighted by molar-refractivity contribution is -0.274. The minimum atomic E-state index is -4.75. The molecule has 260 valence electrons. The van der Waals surface area contributed by atoms with Crippen LogP contribution < -0.4 is 19.7 Å². The number of amidine groups is 1. The second-order valence-corrected chi connectivity index (χ2v) is 14.1. The average Bonchev–Trinajstić information content (AvgIpc) is 3.54. The fourth-order valence-electron chi connectivity index (χ4n) is 5.62. The zero-order valence-corrected chi connectivity index (χ0v) is 29.2. The maximum absolute atomic E-state index is 13.2. The van der Waals surface area contributed by atoms with E-state index in [4.69, 9.17) is 4.74 Å². The highest BCUT2D eigenvalue weighted by atomic mass is 32.2. The summed E-state index contributed by atoms with van der Waals surface area (Å²) in [7, 11) is 1.66. The average molecular weight is 695 g/mol. The molecule has 1 saturated heterocycles. The highest BCUT2D eigenvalue weighted by Gasteiger charge is 2.31. The molecule has 0 bridgehead atoms. The van der Waals surface area contributed by atoms with Crippen LogP contribution in [0.5, 0.6) is 11.5 Å². The number of alkyl halides is 3. The van der Waals surface area contributed by atoms with Crippen molar-refractivity contribution in [3.8, 4) is 28.6 Å². The highest BCUT2D eigenvalue weighted by Crippen LogP contribution is 2.37. The molecule has 49 heavy (non-hydrogen) atoms. The maximum Gasteiger partial charge on any atom is 0.573 e. The summed E-state index contributed by atoms with van der Waals surface area (Å²) in [5.74, 6) is 2.13. The number of urea groups is 1. The van der Waals surface area contributed by atoms with Gasteiger partial charge in [0.25, 0.3) is 0 Å². The molecule has 13 heteroatoms. The molecule has 1 atom stereocenters. The lowest BCUT2D eigenvalue weighted by Crippen LogP contribution is -2.43. The number of hydrogen-bond acceptors (Lipinski definition) is 6. The zero-order chi connectivity index (χ0) is 35.3. The second kappa shape index (κ2) is 14.9. The summed E-state index contributed by atoms with van der Waals surface area (Å²) in [5, 5.41) is 8.20. The van der Waals surface area contributed by atoms with Gasteiger partial charge in [-0.2, -0.15) is 4.99 Å². The molecule has 9 nitrogen and oxygen atoms in total. The molecule has 5 rings (SSSR count). The molecule has 1 aliphatic rings. The van der Waals surface area contributed by atoms with Crippen LogP contribution in [0.1, 0.15) is 58.1 Å². The van der Waals surface area contributed by atoms with Gasteiger partial charge in [0.15, 0.2) is 11.0 Å². The van der Waals surface area contributed by atoms with E-state index >= 15 is 0 Å². The van der Waals surface area contributed by atoms with Crippen LogP contribution in [0.4, 0.5) is 23.7 Å². The molecule has 1 aliphatic heterocycles. The summed E-state index contributed by atoms with van der Waals surface area (Å²) in [6, 6.07) is 19.2. The predicted octanol–water partition coefficient (Wildman–Crippen LogP) is 8.63. The monoisotopic (exact) mass is 694 g/mol. The van der Waals surface area contributed by atoms with E-state index in [-0.39, 0.29) is 29.2 Å². The van der Waals surface area contributed by atoms with E-state index in [9.17, 15) is 18.0 Å². The van der Waals surface area contributed by atoms with E-state index in [1.165, 1.54) is 35.3 Å². The number of hydrogen-bond donors (Lipinski definition) is 1. The Balaban J connectivity index is 1.20. The number of thioether (sulfide) groups is 1. The molecule has 4 aromatic rings. The standard InChI is InChI=1S/C36H41F3N6O3S/c1-23(2)30-19-29(47-6)15-16-31(30)45-24(3)17-18-49-34(45)42-33(46)40-21-35(4,5)20-25-7-9-26(10-8-25)32-41-22-44(43-32)27-11-13-28(14-12-27)48-36(37,38)39/h7-16,19,22-24H,17-18,20-21H2,1-6H3,(H,40,46). The van der Waals surface area contributed by atoms with Crippen LogP contribution >= 0.6 is 11.8 Å². The molecule has 0 spiro atoms. The Bertz CT molecular complexity index is 1770. The van der Waals surface area contributed by atoms with Gasteiger partial charge in [-0.25, -0.2) is 14.5 Å². The molecule has 1 aromatic heterocycles. The van der Waals surface area contributed by atoms with Gasteiger partial charge in [-0.15, -0.1) is 18.3 Å². The second-order valence-electron chi connectivity index (χ2n) is 13.1. The maximum atomic E-state index is 13.2. The number of carbonyl (C=O) groups is 1. The third kappa shape index (κ3) is 9.34. The number of aromatic nitrogens is 3. The lowest BCUT2D eigenvalue weighted by Gasteiger charge is -2.37. The van der Waals surface area contributed by atoms with Gasteiger partial charge < -0.3 is 19.7 Å². The van der Waals surface area contributed by atoms with Crippen LogP contribution in [-0.4, -0.2) is 57.8 Å². The largest absolute Gasteiger partial charge is 0.573 e. The van der Waals surface area contributed by atoms with Gasteiger partial charge in [-0.05, 0) is 84.7 Å². The van der Waals surface area contributed by atoms with Gasteiger partial charge >= 0.3 is 12.4 Å². The number of amides is 2. The minimum Gasteiger partial charge on any atom is -0.497 e. The van der Waals surface area contributed by atoms with E-state index in [1.54, 1.807) is 18.9 Å². The summed E-state index contributed by atoms with van der Waals surface area (Å²) in [6.07, 6.45) is -1.56. The van der Waals surface area contributed by atoms with Gasteiger partial charge in [0.2, 0.25) is 0 Å². The normalized spacial score (nSPS) is 16.2. The van der Waals surface area contributed by atoms with E-state index in [0.717, 1.165) is 40.3 Å². The molecule has 2 amide bonds. The Morgan fingerprint density at radius 1 is 1.06 bits per heavy atom. The lowest BCUT2D eigenvalue weighted by atomic mass is 9.85. The minimum absolute atomic E-state index is 0.190. The number of halogens is 3. The molecule has 0 radical (unpaired) electrons. The Morgan fingerprint density at radius 3 is 2.41 bits per heavy atom. The molecule has 1 unspecified atom stereocenters. The van der Waals surface area contributed by atoms with Gasteiger partial charge in [-0.1, -0.05) is 63.7 Å². The van der Waals surface area contributed by atoms with E-state index in [1.807, 2.05) is 30.3 Å². The summed E-state index contributed by atoms with van der Waals surface area (Å²) >= 11 is 1.60. The zero-order valence-electron chi connectivity index (χ0n) is 28.4. The van der Waals surface area contributed by atoms with Gasteiger partial charge in [-0.3, -0.25) is 0 Å². The topological polar surface area (TPSA) is 93.9 Å². The number of carbonyl (C=O) groups excluding carboxylic acids is 1. The molecule has 1 fully saturated rings. The first kappa shape index (κ1) is 35.8. The molecule has 0 aliphatic carbocycles. The SMILES string of the molecule is COc1ccc(N2C(=NC(=O)NCC(C)(C)Cc3ccc(-c4ncn(-c5ccc(OC(F)(F)F)cc5)n4)cc3)SCCC2C)c(C(C)C)c1. The Morgan fingerprint density at radius 2 is 1.76 bits per heavy atom. The Kier molecular flexibility index (Phi) is 10.9. The third-order valence-corrected chi connectivity index (χ3v) is 9.15. The number of benzene rings is 3. The Labute approximate surface area is 288 Å². The van der Waals surface area contributed by atoms with Crippen molar-refractivity contribution in [2.75, 3.05) is 24.3 Å². The smallest absolute Gasteiger partial charge is 0.497 e. The number of nitrogens with zero attached hydrogens (tertiary/aromatic N) is 5. The summed E-state index contributed by atoms with van der Waals surface area (Å²) in [5.41, 5.74) is 4.35. The number of anilines is 1. The van der Waals surface area contributed by atoms with Crippen LogP contribution in [0.25, 0.3) is 17.1 Å². The Hall–Kier alpha value is -4.52. The van der Waals surface area contributed by atoms with Crippen LogP contribution in [0.2, 0.25) is 0 Å². The van der Waals surface area contributed by atoms with Crippen molar-refractivity contribution >= 4 is 28.6 Å². The quantitative estimate of drug-likeness (QED) is 0.178. The molecular formula is C36H41F3N6O3S. The third-order valence-electron chi connectivity index (χ3n) is 8.17. The van der Waals surface area contributed by atoms with Crippen LogP contribution in [0.3, 0.4) is 0 Å². The first-order valence-electron chi connectivity index (χ1n) is 16.0. The van der Waals surface area contributed by atoms with Crippen LogP contribution in [0.15, 0.2) is 78.0 Å². The van der Waals surface area contributed by atoms with Gasteiger partial charge in [0, 0.05) is 29.6 Å². The highest BCUT2D eigenvalue weighted by molar-refractivity contribution is 8.14. The summed E-state index contributed by atoms with van der Waals surface area (Å²) < 4.78 is 48.3. The summed E-state index contributed by atoms with van der Waals surface area (Å²) in [6.45, 7) is 11.1. The first-order valence-corrected chi connectivity index (χ1v) is 17.0. The van der Waals surface area contributed by atoms with Crippen molar-refractivity contribution in [2.24, 2.45) is 10.4 Å². The molecule has 2 heterocycles. The van der Waals surface area contributed by atoms with E-state index in [2.05, 4.69) is 76.8 Å². The first-order chi connectivity index (χ1) is 23.2. The van der Waals surface area contributed by atoms with Crippen LogP contribution in [0, 0.1) is 5.41 Å². The summed E-state index contributed by atoms with van der Waals surface area (Å²) in [4.78, 5) is 24.2. The van der Waals surface area contributed by atoms with Crippen LogP contribution in [-0.2, 0) is 6.42 Å². The fourth-order valence-corrected chi connectivity index (χ4v) is 6.83. The van der Waals surface area contributed by atoms with E-state index in [0.29, 0.717) is 29.6 Å². The van der Waals surface area contributed by atoms with Crippen molar-refractivity contribution in [1.29, 1.82) is 0 Å².